The van der Waals surface area contributed by atoms with Crippen molar-refractivity contribution in [1.82, 2.24) is 0 Å². The summed E-state index contributed by atoms with van der Waals surface area (Å²) in [6.45, 7) is 1.79. The molecule has 0 aromatic carbocycles. The second-order valence-electron chi connectivity index (χ2n) is 4.89. The van der Waals surface area contributed by atoms with Gasteiger partial charge in [-0.25, -0.2) is 0 Å². The van der Waals surface area contributed by atoms with E-state index >= 15 is 0 Å². The number of nitrogens with one attached hydrogen (secondary N) is 1. The average molecular weight is 293 g/mol. The summed E-state index contributed by atoms with van der Waals surface area (Å²) in [6.07, 6.45) is 3.64. The Hall–Kier alpha value is -1.58. The molecule has 1 aromatic heterocycles. The summed E-state index contributed by atoms with van der Waals surface area (Å²) in [5.74, 6) is -0.0215. The number of ether oxygens (including phenoxy) is 1. The largest absolute Gasteiger partial charge is 0.396 e. The highest BCUT2D eigenvalue weighted by atomic mass is 32.1. The maximum atomic E-state index is 11.8. The third-order valence-corrected chi connectivity index (χ3v) is 4.88. The Labute approximate surface area is 122 Å². The number of methoxy groups -OCH3 is 1. The van der Waals surface area contributed by atoms with E-state index in [0.717, 1.165) is 19.3 Å². The van der Waals surface area contributed by atoms with E-state index in [-0.39, 0.29) is 17.9 Å². The molecular weight excluding hydrogens is 274 g/mol. The quantitative estimate of drug-likeness (QED) is 0.815. The number of Topliss-reactive ketones (excluding diaryl/α,β-unsaturated/α-hetero) is 1. The van der Waals surface area contributed by atoms with Gasteiger partial charge in [0.25, 0.3) is 0 Å². The molecule has 0 aliphatic heterocycles. The van der Waals surface area contributed by atoms with Gasteiger partial charge in [-0.15, -0.1) is 11.3 Å². The van der Waals surface area contributed by atoms with E-state index in [4.69, 9.17) is 10.5 Å². The molecule has 0 spiro atoms. The Morgan fingerprint density at radius 1 is 1.60 bits per heavy atom. The van der Waals surface area contributed by atoms with Gasteiger partial charge in [0.05, 0.1) is 22.7 Å². The van der Waals surface area contributed by atoms with E-state index in [1.807, 2.05) is 0 Å². The first kappa shape index (κ1) is 14.8. The van der Waals surface area contributed by atoms with Gasteiger partial charge in [-0.1, -0.05) is 6.92 Å². The van der Waals surface area contributed by atoms with Crippen LogP contribution in [0.4, 0.5) is 10.7 Å². The van der Waals surface area contributed by atoms with Crippen LogP contribution >= 0.6 is 11.3 Å². The summed E-state index contributed by atoms with van der Waals surface area (Å²) >= 11 is 1.28. The van der Waals surface area contributed by atoms with Crippen molar-refractivity contribution in [2.24, 2.45) is 0 Å². The van der Waals surface area contributed by atoms with E-state index in [2.05, 4.69) is 11.4 Å². The molecule has 0 bridgehead atoms. The molecule has 6 heteroatoms. The topological polar surface area (TPSA) is 88.1 Å². The molecule has 1 saturated carbocycles. The molecule has 5 nitrogen and oxygen atoms in total. The minimum absolute atomic E-state index is 0.0215. The van der Waals surface area contributed by atoms with Crippen molar-refractivity contribution in [1.29, 1.82) is 5.26 Å². The van der Waals surface area contributed by atoms with Gasteiger partial charge in [0, 0.05) is 13.5 Å². The summed E-state index contributed by atoms with van der Waals surface area (Å²) in [7, 11) is 1.70. The lowest BCUT2D eigenvalue weighted by atomic mass is 10.1. The van der Waals surface area contributed by atoms with Gasteiger partial charge in [0.15, 0.2) is 5.78 Å². The summed E-state index contributed by atoms with van der Waals surface area (Å²) < 4.78 is 5.44. The molecule has 1 aromatic rings. The first-order valence-corrected chi connectivity index (χ1v) is 7.58. The zero-order valence-electron chi connectivity index (χ0n) is 11.7. The summed E-state index contributed by atoms with van der Waals surface area (Å²) in [4.78, 5) is 12.3. The number of nitrogens with zero attached hydrogens (tertiary/aromatic N) is 1. The fourth-order valence-corrected chi connectivity index (χ4v) is 3.71. The number of hydrogen-bond acceptors (Lipinski definition) is 6. The third-order valence-electron chi connectivity index (χ3n) is 3.70. The molecule has 1 heterocycles. The number of nitrogen functional groups attached to an aromatic ring is 1. The number of thiophene rings is 1. The molecule has 1 fully saturated rings. The smallest absolute Gasteiger partial charge is 0.174 e. The van der Waals surface area contributed by atoms with Crippen LogP contribution < -0.4 is 11.1 Å². The summed E-state index contributed by atoms with van der Waals surface area (Å²) in [5.41, 5.74) is 6.62. The van der Waals surface area contributed by atoms with Crippen LogP contribution in [0.15, 0.2) is 0 Å². The molecule has 20 heavy (non-hydrogen) atoms. The number of carbonyl (C=O) groups is 1. The number of nitriles is 1. The zero-order chi connectivity index (χ0) is 14.7. The van der Waals surface area contributed by atoms with Gasteiger partial charge in [-0.2, -0.15) is 5.26 Å². The molecular formula is C14H19N3O2S. The van der Waals surface area contributed by atoms with Crippen molar-refractivity contribution < 1.29 is 9.53 Å². The Balaban J connectivity index is 2.28. The standard InChI is InChI=1S/C14H19N3O2S/c1-3-10(18)13-12(16)8(7-15)14(20-13)17-9-5-4-6-11(9)19-2/h9,11,17H,3-6,16H2,1-2H3. The van der Waals surface area contributed by atoms with Gasteiger partial charge < -0.3 is 15.8 Å². The SMILES string of the molecule is CCC(=O)c1sc(NC2CCCC2OC)c(C#N)c1N. The molecule has 0 amide bonds. The Morgan fingerprint density at radius 2 is 2.35 bits per heavy atom. The lowest BCUT2D eigenvalue weighted by Crippen LogP contribution is -2.29. The number of rotatable bonds is 5. The normalized spacial score (nSPS) is 21.6. The molecule has 3 N–H and O–H groups in total. The minimum atomic E-state index is -0.0215. The van der Waals surface area contributed by atoms with Crippen molar-refractivity contribution in [3.05, 3.63) is 10.4 Å². The van der Waals surface area contributed by atoms with Crippen molar-refractivity contribution in [2.45, 2.75) is 44.8 Å². The van der Waals surface area contributed by atoms with E-state index in [9.17, 15) is 10.1 Å². The van der Waals surface area contributed by atoms with E-state index in [0.29, 0.717) is 27.5 Å². The van der Waals surface area contributed by atoms with Gasteiger partial charge in [0.2, 0.25) is 0 Å². The second-order valence-corrected chi connectivity index (χ2v) is 5.91. The highest BCUT2D eigenvalue weighted by Crippen LogP contribution is 2.38. The van der Waals surface area contributed by atoms with Gasteiger partial charge in [-0.3, -0.25) is 4.79 Å². The van der Waals surface area contributed by atoms with Gasteiger partial charge in [0.1, 0.15) is 16.6 Å². The lowest BCUT2D eigenvalue weighted by molar-refractivity contribution is 0.0992. The van der Waals surface area contributed by atoms with Crippen LogP contribution in [0.25, 0.3) is 0 Å². The van der Waals surface area contributed by atoms with Crippen LogP contribution in [0.2, 0.25) is 0 Å². The van der Waals surface area contributed by atoms with Crippen LogP contribution in [0.5, 0.6) is 0 Å². The minimum Gasteiger partial charge on any atom is -0.396 e. The fraction of sp³-hybridized carbons (Fsp3) is 0.571. The number of hydrogen-bond donors (Lipinski definition) is 2. The Bertz CT molecular complexity index is 547. The van der Waals surface area contributed by atoms with Crippen molar-refractivity contribution >= 4 is 27.8 Å². The van der Waals surface area contributed by atoms with Crippen molar-refractivity contribution in [3.8, 4) is 6.07 Å². The Morgan fingerprint density at radius 3 is 2.95 bits per heavy atom. The second kappa shape index (κ2) is 6.25. The summed E-state index contributed by atoms with van der Waals surface area (Å²) in [5, 5.41) is 13.3. The first-order chi connectivity index (χ1) is 9.62. The molecule has 0 radical (unpaired) electrons. The average Bonchev–Trinajstić information content (AvgIpc) is 3.02. The van der Waals surface area contributed by atoms with Crippen LogP contribution in [0.1, 0.15) is 47.8 Å². The molecule has 2 rings (SSSR count). The molecule has 1 aliphatic rings. The van der Waals surface area contributed by atoms with Gasteiger partial charge in [-0.05, 0) is 19.3 Å². The molecule has 2 atom stereocenters. The lowest BCUT2D eigenvalue weighted by Gasteiger charge is -2.19. The van der Waals surface area contributed by atoms with Gasteiger partial charge >= 0.3 is 0 Å². The highest BCUT2D eigenvalue weighted by Gasteiger charge is 2.29. The number of nitrogens with two attached hydrogens (primary N) is 1. The molecule has 2 unspecified atom stereocenters. The van der Waals surface area contributed by atoms with E-state index < -0.39 is 0 Å². The predicted octanol–water partition coefficient (Wildman–Crippen LogP) is 2.77. The number of carbonyl (C=O) groups excluding carboxylic acids is 1. The maximum absolute atomic E-state index is 11.8. The van der Waals surface area contributed by atoms with Crippen molar-refractivity contribution in [2.75, 3.05) is 18.2 Å². The first-order valence-electron chi connectivity index (χ1n) is 6.77. The zero-order valence-corrected chi connectivity index (χ0v) is 12.5. The maximum Gasteiger partial charge on any atom is 0.174 e. The monoisotopic (exact) mass is 293 g/mol. The molecule has 1 aliphatic carbocycles. The fourth-order valence-electron chi connectivity index (χ4n) is 2.57. The molecule has 0 saturated heterocycles. The predicted molar refractivity (Wildman–Crippen MR) is 80.1 cm³/mol. The Kier molecular flexibility index (Phi) is 4.63. The van der Waals surface area contributed by atoms with Crippen molar-refractivity contribution in [3.63, 3.8) is 0 Å². The number of anilines is 2. The third kappa shape index (κ3) is 2.65. The van der Waals surface area contributed by atoms with Crippen LogP contribution in [0.3, 0.4) is 0 Å². The van der Waals surface area contributed by atoms with Crippen LogP contribution in [0, 0.1) is 11.3 Å². The van der Waals surface area contributed by atoms with E-state index in [1.165, 1.54) is 11.3 Å². The summed E-state index contributed by atoms with van der Waals surface area (Å²) in [6, 6.07) is 2.28. The van der Waals surface area contributed by atoms with Crippen LogP contribution in [-0.2, 0) is 4.74 Å². The molecule has 108 valence electrons. The number of ketones is 1. The van der Waals surface area contributed by atoms with E-state index in [1.54, 1.807) is 14.0 Å². The highest BCUT2D eigenvalue weighted by molar-refractivity contribution is 7.19. The van der Waals surface area contributed by atoms with Crippen LogP contribution in [-0.4, -0.2) is 25.0 Å².